The minimum atomic E-state index is -3.70. The molecule has 3 rings (SSSR count). The van der Waals surface area contributed by atoms with Gasteiger partial charge in [-0.25, -0.2) is 17.4 Å². The number of nitrogens with zero attached hydrogens (tertiary/aromatic N) is 3. The molecule has 0 amide bonds. The molecule has 1 N–H and O–H groups in total. The van der Waals surface area contributed by atoms with Gasteiger partial charge in [-0.05, 0) is 37.3 Å². The summed E-state index contributed by atoms with van der Waals surface area (Å²) in [4.78, 5) is 25.3. The number of rotatable bonds is 5. The smallest absolute Gasteiger partial charge is 0.278 e. The molecule has 0 aliphatic carbocycles. The van der Waals surface area contributed by atoms with E-state index in [-0.39, 0.29) is 27.3 Å². The molecule has 3 aromatic rings. The van der Waals surface area contributed by atoms with Crippen molar-refractivity contribution in [2.45, 2.75) is 11.8 Å². The maximum atomic E-state index is 12.7. The first-order chi connectivity index (χ1) is 13.6. The van der Waals surface area contributed by atoms with Crippen molar-refractivity contribution < 1.29 is 23.1 Å². The van der Waals surface area contributed by atoms with E-state index in [1.165, 1.54) is 56.8 Å². The maximum absolute atomic E-state index is 12.7. The van der Waals surface area contributed by atoms with Crippen LogP contribution < -0.4 is 0 Å². The van der Waals surface area contributed by atoms with E-state index in [2.05, 4.69) is 5.10 Å². The molecule has 1 heterocycles. The van der Waals surface area contributed by atoms with Gasteiger partial charge in [0, 0.05) is 25.9 Å². The molecule has 0 aliphatic rings. The van der Waals surface area contributed by atoms with E-state index in [1.807, 2.05) is 0 Å². The first-order valence-electron chi connectivity index (χ1n) is 8.57. The molecular formula is C20H19N3O5S. The van der Waals surface area contributed by atoms with Crippen LogP contribution in [0.5, 0.6) is 5.75 Å². The number of aromatic nitrogens is 2. The number of ketones is 1. The number of hydrogen-bond donors (Lipinski definition) is 1. The van der Waals surface area contributed by atoms with E-state index in [1.54, 1.807) is 19.1 Å². The number of carbonyl (C=O) groups excluding carboxylic acids is 2. The summed E-state index contributed by atoms with van der Waals surface area (Å²) >= 11 is 0. The van der Waals surface area contributed by atoms with Gasteiger partial charge in [-0.2, -0.15) is 5.10 Å². The monoisotopic (exact) mass is 413 g/mol. The standard InChI is InChI=1S/C20H19N3O5S/c1-13-7-8-18(24)17(9-13)19(25)15-11-21-23(12-15)20(26)14-5-4-6-16(10-14)29(27,28)22(2)3/h4-12,24H,1-3H3. The van der Waals surface area contributed by atoms with Gasteiger partial charge in [0.2, 0.25) is 10.0 Å². The van der Waals surface area contributed by atoms with Crippen LogP contribution in [-0.2, 0) is 10.0 Å². The lowest BCUT2D eigenvalue weighted by Gasteiger charge is -2.11. The normalized spacial score (nSPS) is 11.6. The van der Waals surface area contributed by atoms with Crippen molar-refractivity contribution in [2.75, 3.05) is 14.1 Å². The summed E-state index contributed by atoms with van der Waals surface area (Å²) in [5.41, 5.74) is 1.13. The quantitative estimate of drug-likeness (QED) is 0.641. The second-order valence-electron chi connectivity index (χ2n) is 6.64. The van der Waals surface area contributed by atoms with Gasteiger partial charge in [0.25, 0.3) is 5.91 Å². The minimum Gasteiger partial charge on any atom is -0.507 e. The molecule has 0 unspecified atom stereocenters. The summed E-state index contributed by atoms with van der Waals surface area (Å²) in [5.74, 6) is -1.23. The Hall–Kier alpha value is -3.30. The van der Waals surface area contributed by atoms with Crippen molar-refractivity contribution in [3.8, 4) is 5.75 Å². The topological polar surface area (TPSA) is 110 Å². The Labute approximate surface area is 168 Å². The number of phenols is 1. The van der Waals surface area contributed by atoms with Crippen LogP contribution in [0.4, 0.5) is 0 Å². The molecule has 29 heavy (non-hydrogen) atoms. The molecule has 0 aliphatic heterocycles. The summed E-state index contributed by atoms with van der Waals surface area (Å²) in [6.07, 6.45) is 2.47. The summed E-state index contributed by atoms with van der Waals surface area (Å²) in [6.45, 7) is 1.79. The van der Waals surface area contributed by atoms with Crippen LogP contribution in [-0.4, -0.2) is 53.4 Å². The summed E-state index contributed by atoms with van der Waals surface area (Å²) < 4.78 is 26.6. The van der Waals surface area contributed by atoms with Crippen LogP contribution >= 0.6 is 0 Å². The Morgan fingerprint density at radius 3 is 2.48 bits per heavy atom. The van der Waals surface area contributed by atoms with Gasteiger partial charge >= 0.3 is 0 Å². The highest BCUT2D eigenvalue weighted by atomic mass is 32.2. The van der Waals surface area contributed by atoms with E-state index in [0.717, 1.165) is 14.6 Å². The van der Waals surface area contributed by atoms with Gasteiger partial charge in [-0.15, -0.1) is 0 Å². The number of benzene rings is 2. The largest absolute Gasteiger partial charge is 0.507 e. The van der Waals surface area contributed by atoms with Crippen LogP contribution in [0.1, 0.15) is 31.8 Å². The van der Waals surface area contributed by atoms with Crippen LogP contribution in [0, 0.1) is 6.92 Å². The van der Waals surface area contributed by atoms with Crippen molar-refractivity contribution >= 4 is 21.7 Å². The highest BCUT2D eigenvalue weighted by Crippen LogP contribution is 2.22. The van der Waals surface area contributed by atoms with E-state index in [4.69, 9.17) is 0 Å². The molecule has 9 heteroatoms. The highest BCUT2D eigenvalue weighted by Gasteiger charge is 2.21. The third-order valence-corrected chi connectivity index (χ3v) is 6.12. The molecule has 0 radical (unpaired) electrons. The minimum absolute atomic E-state index is 0.0264. The maximum Gasteiger partial charge on any atom is 0.278 e. The predicted octanol–water partition coefficient (Wildman–Crippen LogP) is 2.07. The third kappa shape index (κ3) is 3.96. The second kappa shape index (κ2) is 7.61. The van der Waals surface area contributed by atoms with Crippen LogP contribution in [0.15, 0.2) is 59.8 Å². The Bertz CT molecular complexity index is 1210. The van der Waals surface area contributed by atoms with Gasteiger partial charge < -0.3 is 5.11 Å². The SMILES string of the molecule is Cc1ccc(O)c(C(=O)c2cnn(C(=O)c3cccc(S(=O)(=O)N(C)C)c3)c2)c1. The van der Waals surface area contributed by atoms with Crippen molar-refractivity contribution in [1.29, 1.82) is 0 Å². The lowest BCUT2D eigenvalue weighted by Crippen LogP contribution is -2.22. The Morgan fingerprint density at radius 2 is 1.79 bits per heavy atom. The van der Waals surface area contributed by atoms with Crippen LogP contribution in [0.2, 0.25) is 0 Å². The Kier molecular flexibility index (Phi) is 5.36. The molecule has 0 fully saturated rings. The van der Waals surface area contributed by atoms with Crippen LogP contribution in [0.25, 0.3) is 0 Å². The van der Waals surface area contributed by atoms with Crippen molar-refractivity contribution in [1.82, 2.24) is 14.1 Å². The number of aryl methyl sites for hydroxylation is 1. The van der Waals surface area contributed by atoms with Crippen molar-refractivity contribution in [3.63, 3.8) is 0 Å². The Morgan fingerprint density at radius 1 is 1.07 bits per heavy atom. The molecule has 0 bridgehead atoms. The zero-order chi connectivity index (χ0) is 21.3. The highest BCUT2D eigenvalue weighted by molar-refractivity contribution is 7.89. The number of hydrogen-bond acceptors (Lipinski definition) is 6. The zero-order valence-electron chi connectivity index (χ0n) is 16.0. The molecule has 0 saturated heterocycles. The van der Waals surface area contributed by atoms with E-state index < -0.39 is 21.7 Å². The van der Waals surface area contributed by atoms with Gasteiger partial charge in [0.15, 0.2) is 5.78 Å². The number of carbonyl (C=O) groups is 2. The lowest BCUT2D eigenvalue weighted by atomic mass is 10.0. The molecule has 2 aromatic carbocycles. The Balaban J connectivity index is 1.92. The van der Waals surface area contributed by atoms with Gasteiger partial charge in [0.1, 0.15) is 5.75 Å². The average Bonchev–Trinajstić information content (AvgIpc) is 3.19. The molecular weight excluding hydrogens is 394 g/mol. The third-order valence-electron chi connectivity index (χ3n) is 4.31. The fraction of sp³-hybridized carbons (Fsp3) is 0.150. The summed E-state index contributed by atoms with van der Waals surface area (Å²) in [6, 6.07) is 10.2. The fourth-order valence-corrected chi connectivity index (χ4v) is 3.62. The van der Waals surface area contributed by atoms with Crippen molar-refractivity contribution in [3.05, 3.63) is 77.1 Å². The first kappa shape index (κ1) is 20.4. The predicted molar refractivity (Wildman–Crippen MR) is 106 cm³/mol. The average molecular weight is 413 g/mol. The molecule has 0 spiro atoms. The first-order valence-corrected chi connectivity index (χ1v) is 10.0. The molecule has 0 saturated carbocycles. The van der Waals surface area contributed by atoms with Gasteiger partial charge in [-0.1, -0.05) is 17.7 Å². The molecule has 150 valence electrons. The summed E-state index contributed by atoms with van der Waals surface area (Å²) in [5, 5.41) is 13.9. The van der Waals surface area contributed by atoms with Crippen molar-refractivity contribution in [2.24, 2.45) is 0 Å². The molecule has 0 atom stereocenters. The van der Waals surface area contributed by atoms with Gasteiger partial charge in [-0.3, -0.25) is 9.59 Å². The second-order valence-corrected chi connectivity index (χ2v) is 8.80. The summed E-state index contributed by atoms with van der Waals surface area (Å²) in [7, 11) is -0.901. The number of sulfonamides is 1. The number of aromatic hydroxyl groups is 1. The van der Waals surface area contributed by atoms with E-state index in [9.17, 15) is 23.1 Å². The fourth-order valence-electron chi connectivity index (χ4n) is 2.67. The van der Waals surface area contributed by atoms with E-state index in [0.29, 0.717) is 0 Å². The zero-order valence-corrected chi connectivity index (χ0v) is 16.8. The van der Waals surface area contributed by atoms with E-state index >= 15 is 0 Å². The molecule has 8 nitrogen and oxygen atoms in total. The number of phenolic OH excluding ortho intramolecular Hbond substituents is 1. The van der Waals surface area contributed by atoms with Crippen LogP contribution in [0.3, 0.4) is 0 Å². The lowest BCUT2D eigenvalue weighted by molar-refractivity contribution is 0.0945. The molecule has 1 aromatic heterocycles. The van der Waals surface area contributed by atoms with Gasteiger partial charge in [0.05, 0.1) is 22.2 Å².